The molecule has 1 aromatic heterocycles. The van der Waals surface area contributed by atoms with Gasteiger partial charge in [0.25, 0.3) is 0 Å². The van der Waals surface area contributed by atoms with Crippen LogP contribution in [-0.2, 0) is 11.8 Å². The number of unbranched alkanes of at least 4 members (excludes halogenated alkanes) is 3. The molecule has 1 aromatic rings. The first-order valence-corrected chi connectivity index (χ1v) is 7.84. The lowest BCUT2D eigenvalue weighted by Gasteiger charge is -1.98. The van der Waals surface area contributed by atoms with Crippen molar-refractivity contribution >= 4 is 43.2 Å². The second-order valence-electron chi connectivity index (χ2n) is 3.46. The largest absolute Gasteiger partial charge is 0.132 e. The number of alkyl halides is 1. The quantitative estimate of drug-likeness (QED) is 0.472. The van der Waals surface area contributed by atoms with E-state index in [-0.39, 0.29) is 0 Å². The minimum Gasteiger partial charge on any atom is -0.132 e. The molecule has 0 spiro atoms. The van der Waals surface area contributed by atoms with Crippen LogP contribution in [0.1, 0.15) is 43.0 Å². The Morgan fingerprint density at radius 1 is 1.29 bits per heavy atom. The molecular weight excluding hydrogens is 324 g/mol. The summed E-state index contributed by atoms with van der Waals surface area (Å²) < 4.78 is 1.32. The van der Waals surface area contributed by atoms with Crippen LogP contribution in [0.3, 0.4) is 0 Å². The van der Waals surface area contributed by atoms with Gasteiger partial charge in [-0.1, -0.05) is 42.1 Å². The van der Waals surface area contributed by atoms with Gasteiger partial charge in [-0.3, -0.25) is 0 Å². The van der Waals surface area contributed by atoms with E-state index >= 15 is 0 Å². The molecule has 0 amide bonds. The predicted octanol–water partition coefficient (Wildman–Crippen LogP) is 5.53. The van der Waals surface area contributed by atoms with Gasteiger partial charge in [-0.25, -0.2) is 0 Å². The highest BCUT2D eigenvalue weighted by molar-refractivity contribution is 9.11. The Kier molecular flexibility index (Phi) is 6.38. The maximum atomic E-state index is 3.62. The summed E-state index contributed by atoms with van der Waals surface area (Å²) in [7, 11) is 0. The molecule has 0 unspecified atom stereocenters. The van der Waals surface area contributed by atoms with Crippen molar-refractivity contribution in [2.75, 3.05) is 0 Å². The molecule has 0 aliphatic carbocycles. The summed E-state index contributed by atoms with van der Waals surface area (Å²) in [4.78, 5) is 1.42. The van der Waals surface area contributed by atoms with Gasteiger partial charge in [0.15, 0.2) is 0 Å². The van der Waals surface area contributed by atoms with Crippen LogP contribution in [0.5, 0.6) is 0 Å². The zero-order chi connectivity index (χ0) is 10.4. The molecule has 0 aliphatic rings. The predicted molar refractivity (Wildman–Crippen MR) is 72.5 cm³/mol. The Morgan fingerprint density at radius 3 is 2.64 bits per heavy atom. The lowest BCUT2D eigenvalue weighted by molar-refractivity contribution is 0.667. The molecule has 0 nitrogen and oxygen atoms in total. The van der Waals surface area contributed by atoms with Gasteiger partial charge in [-0.05, 0) is 40.4 Å². The lowest BCUT2D eigenvalue weighted by atomic mass is 10.1. The van der Waals surface area contributed by atoms with Crippen molar-refractivity contribution < 1.29 is 0 Å². The van der Waals surface area contributed by atoms with E-state index in [4.69, 9.17) is 0 Å². The highest BCUT2D eigenvalue weighted by atomic mass is 79.9. The average Bonchev–Trinajstić information content (AvgIpc) is 2.54. The van der Waals surface area contributed by atoms with Gasteiger partial charge in [0.2, 0.25) is 0 Å². The number of aryl methyl sites for hydroxylation is 1. The van der Waals surface area contributed by atoms with Crippen molar-refractivity contribution in [2.24, 2.45) is 0 Å². The minimum absolute atomic E-state index is 0.977. The van der Waals surface area contributed by atoms with Crippen LogP contribution in [0.15, 0.2) is 9.85 Å². The summed E-state index contributed by atoms with van der Waals surface area (Å²) in [5, 5.41) is 0.977. The second kappa shape index (κ2) is 7.02. The molecule has 14 heavy (non-hydrogen) atoms. The van der Waals surface area contributed by atoms with E-state index in [1.165, 1.54) is 46.3 Å². The molecule has 0 atom stereocenters. The molecule has 0 saturated heterocycles. The molecule has 0 bridgehead atoms. The third kappa shape index (κ3) is 4.03. The minimum atomic E-state index is 0.977. The fourth-order valence-electron chi connectivity index (χ4n) is 1.44. The topological polar surface area (TPSA) is 0 Å². The van der Waals surface area contributed by atoms with E-state index in [0.717, 1.165) is 5.33 Å². The number of hydrogen-bond donors (Lipinski definition) is 0. The van der Waals surface area contributed by atoms with Gasteiger partial charge in [-0.15, -0.1) is 11.3 Å². The average molecular weight is 340 g/mol. The molecule has 1 rings (SSSR count). The number of halogens is 2. The Hall–Kier alpha value is 0.660. The first-order valence-electron chi connectivity index (χ1n) is 5.11. The van der Waals surface area contributed by atoms with Crippen molar-refractivity contribution in [1.82, 2.24) is 0 Å². The van der Waals surface area contributed by atoms with Crippen molar-refractivity contribution in [1.29, 1.82) is 0 Å². The van der Waals surface area contributed by atoms with Crippen LogP contribution in [0, 0.1) is 0 Å². The summed E-state index contributed by atoms with van der Waals surface area (Å²) in [6, 6.07) is 2.31. The van der Waals surface area contributed by atoms with Crippen LogP contribution in [0.2, 0.25) is 0 Å². The van der Waals surface area contributed by atoms with E-state index in [2.05, 4.69) is 44.8 Å². The third-order valence-corrected chi connectivity index (χ3v) is 5.18. The number of rotatable bonds is 6. The molecule has 0 saturated carbocycles. The standard InChI is InChI=1S/C11H16Br2S/c1-2-3-4-5-6-9-7-10(8-12)14-11(9)13/h7H,2-6,8H2,1H3. The zero-order valence-electron chi connectivity index (χ0n) is 8.48. The van der Waals surface area contributed by atoms with Crippen LogP contribution in [0.4, 0.5) is 0 Å². The summed E-state index contributed by atoms with van der Waals surface area (Å²) in [5.74, 6) is 0. The van der Waals surface area contributed by atoms with Gasteiger partial charge in [0.05, 0.1) is 3.79 Å². The lowest BCUT2D eigenvalue weighted by Crippen LogP contribution is -1.83. The molecule has 0 aromatic carbocycles. The summed E-state index contributed by atoms with van der Waals surface area (Å²) >= 11 is 8.96. The van der Waals surface area contributed by atoms with E-state index in [1.807, 2.05) is 11.3 Å². The first kappa shape index (κ1) is 12.7. The first-order chi connectivity index (χ1) is 6.77. The smallest absolute Gasteiger partial charge is 0.0733 e. The van der Waals surface area contributed by atoms with E-state index < -0.39 is 0 Å². The van der Waals surface area contributed by atoms with E-state index in [0.29, 0.717) is 0 Å². The Bertz CT molecular complexity index is 268. The van der Waals surface area contributed by atoms with Crippen molar-refractivity contribution in [3.8, 4) is 0 Å². The maximum Gasteiger partial charge on any atom is 0.0733 e. The Labute approximate surface area is 107 Å². The monoisotopic (exact) mass is 338 g/mol. The van der Waals surface area contributed by atoms with Crippen LogP contribution in [-0.4, -0.2) is 0 Å². The summed E-state index contributed by atoms with van der Waals surface area (Å²) in [6.07, 6.45) is 6.60. The molecule has 0 N–H and O–H groups in total. The fraction of sp³-hybridized carbons (Fsp3) is 0.636. The second-order valence-corrected chi connectivity index (χ2v) is 6.47. The Balaban J connectivity index is 2.38. The molecule has 3 heteroatoms. The molecule has 0 radical (unpaired) electrons. The normalized spacial score (nSPS) is 10.8. The van der Waals surface area contributed by atoms with Gasteiger partial charge < -0.3 is 0 Å². The molecule has 1 heterocycles. The Morgan fingerprint density at radius 2 is 2.07 bits per heavy atom. The van der Waals surface area contributed by atoms with Crippen molar-refractivity contribution in [3.63, 3.8) is 0 Å². The number of hydrogen-bond acceptors (Lipinski definition) is 1. The number of thiophene rings is 1. The highest BCUT2D eigenvalue weighted by Crippen LogP contribution is 2.30. The van der Waals surface area contributed by atoms with Crippen LogP contribution >= 0.6 is 43.2 Å². The zero-order valence-corrected chi connectivity index (χ0v) is 12.5. The molecule has 0 fully saturated rings. The van der Waals surface area contributed by atoms with E-state index in [9.17, 15) is 0 Å². The summed E-state index contributed by atoms with van der Waals surface area (Å²) in [5.41, 5.74) is 1.49. The maximum absolute atomic E-state index is 3.62. The van der Waals surface area contributed by atoms with Crippen molar-refractivity contribution in [2.45, 2.75) is 44.4 Å². The van der Waals surface area contributed by atoms with Crippen LogP contribution < -0.4 is 0 Å². The van der Waals surface area contributed by atoms with Gasteiger partial charge in [-0.2, -0.15) is 0 Å². The highest BCUT2D eigenvalue weighted by Gasteiger charge is 2.05. The molecular formula is C11H16Br2S. The van der Waals surface area contributed by atoms with E-state index in [1.54, 1.807) is 0 Å². The molecule has 80 valence electrons. The SMILES string of the molecule is CCCCCCc1cc(CBr)sc1Br. The van der Waals surface area contributed by atoms with Crippen LogP contribution in [0.25, 0.3) is 0 Å². The summed E-state index contributed by atoms with van der Waals surface area (Å²) in [6.45, 7) is 2.25. The van der Waals surface area contributed by atoms with Gasteiger partial charge in [0, 0.05) is 10.2 Å². The molecule has 0 aliphatic heterocycles. The van der Waals surface area contributed by atoms with Gasteiger partial charge >= 0.3 is 0 Å². The van der Waals surface area contributed by atoms with Gasteiger partial charge in [0.1, 0.15) is 0 Å². The fourth-order valence-corrected chi connectivity index (χ4v) is 3.66. The van der Waals surface area contributed by atoms with Crippen molar-refractivity contribution in [3.05, 3.63) is 20.3 Å². The third-order valence-electron chi connectivity index (χ3n) is 2.24.